The number of rotatable bonds is 5. The summed E-state index contributed by atoms with van der Waals surface area (Å²) in [5.74, 6) is 0.636. The maximum absolute atomic E-state index is 12.5. The molecule has 1 fully saturated rings. The van der Waals surface area contributed by atoms with E-state index in [1.165, 1.54) is 0 Å². The van der Waals surface area contributed by atoms with Crippen molar-refractivity contribution in [2.75, 3.05) is 38.0 Å². The lowest BCUT2D eigenvalue weighted by Gasteiger charge is -2.20. The lowest BCUT2D eigenvalue weighted by molar-refractivity contribution is -0.128. The Morgan fingerprint density at radius 3 is 2.74 bits per heavy atom. The number of amides is 2. The molecule has 0 unspecified atom stereocenters. The average Bonchev–Trinajstić information content (AvgIpc) is 2.91. The molecule has 1 aliphatic rings. The first kappa shape index (κ1) is 19.4. The number of nitrogens with zero attached hydrogens (tertiary/aromatic N) is 4. The third-order valence-corrected chi connectivity index (χ3v) is 5.03. The molecule has 2 aromatic rings. The van der Waals surface area contributed by atoms with Gasteiger partial charge in [-0.15, -0.1) is 0 Å². The molecule has 0 aliphatic carbocycles. The van der Waals surface area contributed by atoms with Gasteiger partial charge in [0.05, 0.1) is 19.3 Å². The first-order valence-electron chi connectivity index (χ1n) is 9.06. The Morgan fingerprint density at radius 2 is 1.96 bits per heavy atom. The molecule has 0 saturated carbocycles. The molecular weight excluding hydrogens is 366 g/mol. The summed E-state index contributed by atoms with van der Waals surface area (Å²) in [5, 5.41) is 7.88. The fourth-order valence-electron chi connectivity index (χ4n) is 3.18. The van der Waals surface area contributed by atoms with Crippen molar-refractivity contribution >= 4 is 29.2 Å². The van der Waals surface area contributed by atoms with Crippen LogP contribution >= 0.6 is 11.6 Å². The second-order valence-corrected chi connectivity index (χ2v) is 7.06. The first-order chi connectivity index (χ1) is 13.0. The maximum Gasteiger partial charge on any atom is 0.239 e. The number of halogens is 1. The van der Waals surface area contributed by atoms with Crippen LogP contribution in [0, 0.1) is 0 Å². The smallest absolute Gasteiger partial charge is 0.239 e. The van der Waals surface area contributed by atoms with Gasteiger partial charge >= 0.3 is 0 Å². The third-order valence-electron chi connectivity index (χ3n) is 4.66. The van der Waals surface area contributed by atoms with Crippen molar-refractivity contribution in [2.24, 2.45) is 0 Å². The molecular formula is C19H24ClN5O2. The van der Waals surface area contributed by atoms with Crippen molar-refractivity contribution in [3.8, 4) is 0 Å². The number of aromatic nitrogens is 2. The minimum absolute atomic E-state index is 0.0878. The number of benzene rings is 1. The predicted molar refractivity (Wildman–Crippen MR) is 105 cm³/mol. The highest BCUT2D eigenvalue weighted by Crippen LogP contribution is 2.18. The van der Waals surface area contributed by atoms with E-state index in [4.69, 9.17) is 11.6 Å². The van der Waals surface area contributed by atoms with E-state index in [1.54, 1.807) is 23.9 Å². The minimum Gasteiger partial charge on any atom is -0.342 e. The lowest BCUT2D eigenvalue weighted by Crippen LogP contribution is -2.37. The summed E-state index contributed by atoms with van der Waals surface area (Å²) in [6.45, 7) is 5.28. The Hall–Kier alpha value is -2.38. The van der Waals surface area contributed by atoms with Crippen LogP contribution in [0.5, 0.6) is 0 Å². The molecule has 0 spiro atoms. The third kappa shape index (κ3) is 5.30. The molecule has 0 bridgehead atoms. The van der Waals surface area contributed by atoms with Crippen molar-refractivity contribution in [2.45, 2.75) is 19.9 Å². The highest BCUT2D eigenvalue weighted by atomic mass is 35.5. The quantitative estimate of drug-likeness (QED) is 0.849. The van der Waals surface area contributed by atoms with E-state index in [9.17, 15) is 9.59 Å². The first-order valence-corrected chi connectivity index (χ1v) is 9.43. The predicted octanol–water partition coefficient (Wildman–Crippen LogP) is 2.08. The molecule has 1 N–H and O–H groups in total. The van der Waals surface area contributed by atoms with E-state index >= 15 is 0 Å². The fraction of sp³-hybridized carbons (Fsp3) is 0.421. The Balaban J connectivity index is 1.57. The van der Waals surface area contributed by atoms with Crippen LogP contribution in [0.3, 0.4) is 0 Å². The zero-order valence-corrected chi connectivity index (χ0v) is 16.2. The molecule has 27 heavy (non-hydrogen) atoms. The molecule has 8 heteroatoms. The molecule has 2 heterocycles. The molecule has 0 atom stereocenters. The van der Waals surface area contributed by atoms with Gasteiger partial charge in [-0.25, -0.2) is 4.68 Å². The second-order valence-electron chi connectivity index (χ2n) is 6.65. The number of anilines is 1. The number of hydrogen-bond acceptors (Lipinski definition) is 4. The van der Waals surface area contributed by atoms with E-state index in [-0.39, 0.29) is 11.8 Å². The Morgan fingerprint density at radius 1 is 1.15 bits per heavy atom. The lowest BCUT2D eigenvalue weighted by atomic mass is 10.2. The summed E-state index contributed by atoms with van der Waals surface area (Å²) in [5.41, 5.74) is 0.940. The molecule has 144 valence electrons. The van der Waals surface area contributed by atoms with E-state index in [2.05, 4.69) is 15.3 Å². The highest BCUT2D eigenvalue weighted by molar-refractivity contribution is 6.31. The van der Waals surface area contributed by atoms with Gasteiger partial charge in [0, 0.05) is 44.2 Å². The van der Waals surface area contributed by atoms with Crippen LogP contribution in [0.15, 0.2) is 36.5 Å². The SMILES string of the molecule is CC(=O)N1CCCN(CC(=O)Nc2ccnn2Cc2ccccc2Cl)CC1. The van der Waals surface area contributed by atoms with Crippen molar-refractivity contribution in [3.05, 3.63) is 47.1 Å². The van der Waals surface area contributed by atoms with E-state index in [0.717, 1.165) is 25.1 Å². The average molecular weight is 390 g/mol. The molecule has 1 aromatic heterocycles. The summed E-state index contributed by atoms with van der Waals surface area (Å²) in [6, 6.07) is 9.35. The van der Waals surface area contributed by atoms with Gasteiger partial charge in [0.2, 0.25) is 11.8 Å². The molecule has 1 aliphatic heterocycles. The van der Waals surface area contributed by atoms with Crippen LogP contribution in [-0.4, -0.2) is 64.1 Å². The number of carbonyl (C=O) groups is 2. The monoisotopic (exact) mass is 389 g/mol. The molecule has 1 aromatic carbocycles. The molecule has 0 radical (unpaired) electrons. The fourth-order valence-corrected chi connectivity index (χ4v) is 3.38. The highest BCUT2D eigenvalue weighted by Gasteiger charge is 2.19. The Labute approximate surface area is 163 Å². The van der Waals surface area contributed by atoms with Crippen LogP contribution < -0.4 is 5.32 Å². The summed E-state index contributed by atoms with van der Waals surface area (Å²) in [4.78, 5) is 27.9. The zero-order chi connectivity index (χ0) is 19.2. The zero-order valence-electron chi connectivity index (χ0n) is 15.4. The van der Waals surface area contributed by atoms with Crippen LogP contribution in [0.25, 0.3) is 0 Å². The normalized spacial score (nSPS) is 15.4. The van der Waals surface area contributed by atoms with Gasteiger partial charge in [0.25, 0.3) is 0 Å². The van der Waals surface area contributed by atoms with Gasteiger partial charge in [-0.1, -0.05) is 29.8 Å². The number of nitrogens with one attached hydrogen (secondary N) is 1. The summed E-state index contributed by atoms with van der Waals surface area (Å²) in [7, 11) is 0. The number of carbonyl (C=O) groups excluding carboxylic acids is 2. The topological polar surface area (TPSA) is 70.5 Å². The summed E-state index contributed by atoms with van der Waals surface area (Å²) < 4.78 is 1.72. The van der Waals surface area contributed by atoms with Gasteiger partial charge in [-0.2, -0.15) is 5.10 Å². The Kier molecular flexibility index (Phi) is 6.47. The van der Waals surface area contributed by atoms with E-state index in [0.29, 0.717) is 37.0 Å². The molecule has 2 amide bonds. The van der Waals surface area contributed by atoms with Gasteiger partial charge in [-0.05, 0) is 18.1 Å². The maximum atomic E-state index is 12.5. The van der Waals surface area contributed by atoms with Crippen molar-refractivity contribution in [1.29, 1.82) is 0 Å². The van der Waals surface area contributed by atoms with Crippen LogP contribution in [0.2, 0.25) is 5.02 Å². The van der Waals surface area contributed by atoms with Gasteiger partial charge in [0.15, 0.2) is 0 Å². The Bertz CT molecular complexity index is 807. The minimum atomic E-state index is -0.0906. The summed E-state index contributed by atoms with van der Waals surface area (Å²) >= 11 is 6.21. The molecule has 1 saturated heterocycles. The second kappa shape index (κ2) is 9.01. The molecule has 7 nitrogen and oxygen atoms in total. The van der Waals surface area contributed by atoms with Crippen molar-refractivity contribution < 1.29 is 9.59 Å². The van der Waals surface area contributed by atoms with Crippen LogP contribution in [-0.2, 0) is 16.1 Å². The van der Waals surface area contributed by atoms with Crippen molar-refractivity contribution in [3.63, 3.8) is 0 Å². The van der Waals surface area contributed by atoms with Crippen LogP contribution in [0.4, 0.5) is 5.82 Å². The van der Waals surface area contributed by atoms with Gasteiger partial charge in [-0.3, -0.25) is 14.5 Å². The largest absolute Gasteiger partial charge is 0.342 e. The number of hydrogen-bond donors (Lipinski definition) is 1. The standard InChI is InChI=1S/C19H24ClN5O2/c1-15(26)24-10-4-9-23(11-12-24)14-19(27)22-18-7-8-21-25(18)13-16-5-2-3-6-17(16)20/h2-3,5-8H,4,9-14H2,1H3,(H,22,27). The van der Waals surface area contributed by atoms with Gasteiger partial charge < -0.3 is 10.2 Å². The molecule has 3 rings (SSSR count). The summed E-state index contributed by atoms with van der Waals surface area (Å²) in [6.07, 6.45) is 2.53. The van der Waals surface area contributed by atoms with Gasteiger partial charge in [0.1, 0.15) is 5.82 Å². The van der Waals surface area contributed by atoms with E-state index in [1.807, 2.05) is 29.2 Å². The van der Waals surface area contributed by atoms with Crippen LogP contribution in [0.1, 0.15) is 18.9 Å². The van der Waals surface area contributed by atoms with E-state index < -0.39 is 0 Å². The van der Waals surface area contributed by atoms with Crippen molar-refractivity contribution in [1.82, 2.24) is 19.6 Å².